The van der Waals surface area contributed by atoms with E-state index in [-0.39, 0.29) is 0 Å². The molecule has 5 nitrogen and oxygen atoms in total. The van der Waals surface area contributed by atoms with E-state index in [1.54, 1.807) is 19.4 Å². The normalized spacial score (nSPS) is 12.1. The molecule has 0 radical (unpaired) electrons. The van der Waals surface area contributed by atoms with E-state index in [9.17, 15) is 5.11 Å². The fraction of sp³-hybridized carbons (Fsp3) is 0.500. The first kappa shape index (κ1) is 13.6. The highest BCUT2D eigenvalue weighted by Crippen LogP contribution is 2.03. The summed E-state index contributed by atoms with van der Waals surface area (Å²) < 4.78 is 4.82. The molecule has 5 heteroatoms. The van der Waals surface area contributed by atoms with Gasteiger partial charge in [0, 0.05) is 25.4 Å². The van der Waals surface area contributed by atoms with Crippen LogP contribution in [-0.2, 0) is 11.3 Å². The SMILES string of the molecule is COCC(O)CCNCc1cccnc1C#N. The predicted molar refractivity (Wildman–Crippen MR) is 63.2 cm³/mol. The van der Waals surface area contributed by atoms with Gasteiger partial charge in [-0.15, -0.1) is 0 Å². The van der Waals surface area contributed by atoms with Gasteiger partial charge in [0.1, 0.15) is 11.8 Å². The Hall–Kier alpha value is -1.48. The van der Waals surface area contributed by atoms with E-state index in [0.717, 1.165) is 5.56 Å². The topological polar surface area (TPSA) is 78.2 Å². The molecule has 0 aliphatic carbocycles. The largest absolute Gasteiger partial charge is 0.391 e. The maximum Gasteiger partial charge on any atom is 0.144 e. The van der Waals surface area contributed by atoms with Crippen molar-refractivity contribution in [3.63, 3.8) is 0 Å². The zero-order valence-electron chi connectivity index (χ0n) is 9.89. The summed E-state index contributed by atoms with van der Waals surface area (Å²) in [5, 5.41) is 21.4. The Bertz CT molecular complexity index is 376. The quantitative estimate of drug-likeness (QED) is 0.670. The smallest absolute Gasteiger partial charge is 0.144 e. The second kappa shape index (κ2) is 7.74. The zero-order valence-corrected chi connectivity index (χ0v) is 9.89. The van der Waals surface area contributed by atoms with Crippen molar-refractivity contribution in [2.75, 3.05) is 20.3 Å². The molecule has 0 aliphatic heterocycles. The van der Waals surface area contributed by atoms with E-state index in [4.69, 9.17) is 10.00 Å². The molecular formula is C12H17N3O2. The number of ether oxygens (including phenoxy) is 1. The van der Waals surface area contributed by atoms with E-state index < -0.39 is 6.10 Å². The number of nitriles is 1. The van der Waals surface area contributed by atoms with E-state index >= 15 is 0 Å². The van der Waals surface area contributed by atoms with Crippen LogP contribution in [0.5, 0.6) is 0 Å². The van der Waals surface area contributed by atoms with Gasteiger partial charge in [0.05, 0.1) is 12.7 Å². The molecule has 0 aliphatic rings. The molecule has 0 saturated heterocycles. The molecule has 2 N–H and O–H groups in total. The third-order valence-corrected chi connectivity index (χ3v) is 2.33. The molecule has 1 aromatic rings. The van der Waals surface area contributed by atoms with Gasteiger partial charge in [0.2, 0.25) is 0 Å². The van der Waals surface area contributed by atoms with Crippen molar-refractivity contribution >= 4 is 0 Å². The number of rotatable bonds is 7. The Morgan fingerprint density at radius 3 is 3.18 bits per heavy atom. The Labute approximate surface area is 101 Å². The van der Waals surface area contributed by atoms with Crippen LogP contribution in [0.1, 0.15) is 17.7 Å². The van der Waals surface area contributed by atoms with Crippen LogP contribution in [0.3, 0.4) is 0 Å². The molecule has 0 aromatic carbocycles. The molecule has 1 aromatic heterocycles. The number of nitrogens with zero attached hydrogens (tertiary/aromatic N) is 2. The number of aliphatic hydroxyl groups is 1. The molecule has 92 valence electrons. The van der Waals surface area contributed by atoms with E-state index in [2.05, 4.69) is 10.3 Å². The Kier molecular flexibility index (Phi) is 6.18. The average Bonchev–Trinajstić information content (AvgIpc) is 2.35. The van der Waals surface area contributed by atoms with Crippen molar-refractivity contribution < 1.29 is 9.84 Å². The summed E-state index contributed by atoms with van der Waals surface area (Å²) in [7, 11) is 1.56. The van der Waals surface area contributed by atoms with Crippen LogP contribution >= 0.6 is 0 Å². The number of methoxy groups -OCH3 is 1. The maximum absolute atomic E-state index is 9.42. The summed E-state index contributed by atoms with van der Waals surface area (Å²) in [5.74, 6) is 0. The molecule has 1 atom stereocenters. The highest BCUT2D eigenvalue weighted by Gasteiger charge is 2.04. The minimum absolute atomic E-state index is 0.345. The summed E-state index contributed by atoms with van der Waals surface area (Å²) in [6.07, 6.45) is 1.78. The number of aliphatic hydroxyl groups excluding tert-OH is 1. The number of nitrogens with one attached hydrogen (secondary N) is 1. The van der Waals surface area contributed by atoms with Crippen LogP contribution in [-0.4, -0.2) is 36.5 Å². The first-order valence-electron chi connectivity index (χ1n) is 5.49. The van der Waals surface area contributed by atoms with Gasteiger partial charge in [-0.2, -0.15) is 5.26 Å². The van der Waals surface area contributed by atoms with Gasteiger partial charge < -0.3 is 15.2 Å². The highest BCUT2D eigenvalue weighted by atomic mass is 16.5. The average molecular weight is 235 g/mol. The lowest BCUT2D eigenvalue weighted by molar-refractivity contribution is 0.0594. The summed E-state index contributed by atoms with van der Waals surface area (Å²) >= 11 is 0. The van der Waals surface area contributed by atoms with Crippen LogP contribution in [0.25, 0.3) is 0 Å². The molecule has 0 amide bonds. The van der Waals surface area contributed by atoms with Crippen LogP contribution in [0, 0.1) is 11.3 Å². The van der Waals surface area contributed by atoms with Gasteiger partial charge >= 0.3 is 0 Å². The molecule has 0 fully saturated rings. The van der Waals surface area contributed by atoms with Gasteiger partial charge in [-0.1, -0.05) is 6.07 Å². The molecule has 0 bridgehead atoms. The summed E-state index contributed by atoms with van der Waals surface area (Å²) in [6.45, 7) is 1.60. The number of aromatic nitrogens is 1. The van der Waals surface area contributed by atoms with Crippen molar-refractivity contribution in [2.45, 2.75) is 19.1 Å². The lowest BCUT2D eigenvalue weighted by Gasteiger charge is -2.10. The Morgan fingerprint density at radius 1 is 1.65 bits per heavy atom. The Balaban J connectivity index is 2.29. The number of pyridine rings is 1. The second-order valence-electron chi connectivity index (χ2n) is 3.70. The molecule has 0 spiro atoms. The summed E-state index contributed by atoms with van der Waals surface area (Å²) in [5.41, 5.74) is 1.31. The maximum atomic E-state index is 9.42. The van der Waals surface area contributed by atoms with Crippen molar-refractivity contribution in [1.82, 2.24) is 10.3 Å². The van der Waals surface area contributed by atoms with Crippen LogP contribution < -0.4 is 5.32 Å². The highest BCUT2D eigenvalue weighted by molar-refractivity contribution is 5.30. The minimum atomic E-state index is -0.447. The lowest BCUT2D eigenvalue weighted by Crippen LogP contribution is -2.23. The lowest BCUT2D eigenvalue weighted by atomic mass is 10.2. The number of hydrogen-bond acceptors (Lipinski definition) is 5. The van der Waals surface area contributed by atoms with Crippen molar-refractivity contribution in [2.24, 2.45) is 0 Å². The van der Waals surface area contributed by atoms with Crippen molar-refractivity contribution in [1.29, 1.82) is 5.26 Å². The minimum Gasteiger partial charge on any atom is -0.391 e. The third kappa shape index (κ3) is 4.91. The predicted octanol–water partition coefficient (Wildman–Crippen LogP) is 0.440. The first-order valence-corrected chi connectivity index (χ1v) is 5.49. The first-order chi connectivity index (χ1) is 8.27. The second-order valence-corrected chi connectivity index (χ2v) is 3.70. The fourth-order valence-corrected chi connectivity index (χ4v) is 1.45. The van der Waals surface area contributed by atoms with Crippen LogP contribution in [0.4, 0.5) is 0 Å². The van der Waals surface area contributed by atoms with Crippen LogP contribution in [0.15, 0.2) is 18.3 Å². The summed E-state index contributed by atoms with van der Waals surface area (Å²) in [6, 6.07) is 5.71. The fourth-order valence-electron chi connectivity index (χ4n) is 1.45. The third-order valence-electron chi connectivity index (χ3n) is 2.33. The van der Waals surface area contributed by atoms with Crippen LogP contribution in [0.2, 0.25) is 0 Å². The number of hydrogen-bond donors (Lipinski definition) is 2. The molecule has 0 saturated carbocycles. The zero-order chi connectivity index (χ0) is 12.5. The van der Waals surface area contributed by atoms with Gasteiger partial charge in [-0.3, -0.25) is 0 Å². The molecular weight excluding hydrogens is 218 g/mol. The molecule has 1 unspecified atom stereocenters. The Morgan fingerprint density at radius 2 is 2.47 bits per heavy atom. The molecule has 17 heavy (non-hydrogen) atoms. The monoisotopic (exact) mass is 235 g/mol. The van der Waals surface area contributed by atoms with Gasteiger partial charge in [0.25, 0.3) is 0 Å². The van der Waals surface area contributed by atoms with E-state index in [0.29, 0.717) is 31.8 Å². The van der Waals surface area contributed by atoms with Gasteiger partial charge in [-0.25, -0.2) is 4.98 Å². The van der Waals surface area contributed by atoms with Gasteiger partial charge in [0.15, 0.2) is 0 Å². The van der Waals surface area contributed by atoms with Crippen molar-refractivity contribution in [3.8, 4) is 6.07 Å². The summed E-state index contributed by atoms with van der Waals surface area (Å²) in [4.78, 5) is 3.97. The van der Waals surface area contributed by atoms with E-state index in [1.807, 2.05) is 12.1 Å². The van der Waals surface area contributed by atoms with Gasteiger partial charge in [-0.05, 0) is 19.0 Å². The van der Waals surface area contributed by atoms with E-state index in [1.165, 1.54) is 0 Å². The molecule has 1 heterocycles. The molecule has 1 rings (SSSR count). The van der Waals surface area contributed by atoms with Crippen molar-refractivity contribution in [3.05, 3.63) is 29.6 Å². The standard InChI is InChI=1S/C12H17N3O2/c1-17-9-11(16)4-6-14-8-10-3-2-5-15-12(10)7-13/h2-3,5,11,14,16H,4,6,8-9H2,1H3.